The zero-order valence-corrected chi connectivity index (χ0v) is 15.3. The van der Waals surface area contributed by atoms with Crippen LogP contribution in [0.3, 0.4) is 0 Å². The number of piperazine rings is 1. The fraction of sp³-hybridized carbons (Fsp3) is 0.500. The van der Waals surface area contributed by atoms with E-state index >= 15 is 0 Å². The zero-order valence-electron chi connectivity index (χ0n) is 14.5. The molecule has 0 radical (unpaired) electrons. The molecule has 2 amide bonds. The quantitative estimate of drug-likeness (QED) is 0.741. The molecular weight excluding hydrogens is 344 g/mol. The lowest BCUT2D eigenvalue weighted by Crippen LogP contribution is -2.51. The highest BCUT2D eigenvalue weighted by Gasteiger charge is 2.22. The second-order valence-electron chi connectivity index (χ2n) is 5.85. The molecular formula is C16H24N4O4S. The van der Waals surface area contributed by atoms with Crippen LogP contribution < -0.4 is 10.0 Å². The minimum atomic E-state index is -3.78. The first-order valence-corrected chi connectivity index (χ1v) is 9.67. The van der Waals surface area contributed by atoms with Gasteiger partial charge >= 0.3 is 0 Å². The van der Waals surface area contributed by atoms with Gasteiger partial charge in [0.05, 0.1) is 11.4 Å². The Morgan fingerprint density at radius 2 is 1.68 bits per heavy atom. The number of nitrogens with one attached hydrogen (secondary N) is 2. The average molecular weight is 368 g/mol. The summed E-state index contributed by atoms with van der Waals surface area (Å²) >= 11 is 0. The fourth-order valence-corrected chi connectivity index (χ4v) is 3.56. The molecule has 0 atom stereocenters. The lowest BCUT2D eigenvalue weighted by molar-refractivity contribution is -0.131. The maximum atomic E-state index is 12.3. The summed E-state index contributed by atoms with van der Waals surface area (Å²) in [5, 5.41) is 2.57. The summed E-state index contributed by atoms with van der Waals surface area (Å²) in [6.45, 7) is 6.96. The molecule has 0 unspecified atom stereocenters. The van der Waals surface area contributed by atoms with E-state index in [1.54, 1.807) is 4.90 Å². The molecule has 1 aromatic carbocycles. The van der Waals surface area contributed by atoms with Gasteiger partial charge in [0.1, 0.15) is 0 Å². The van der Waals surface area contributed by atoms with E-state index in [1.165, 1.54) is 31.2 Å². The lowest BCUT2D eigenvalue weighted by Gasteiger charge is -2.34. The molecule has 1 fully saturated rings. The van der Waals surface area contributed by atoms with Gasteiger partial charge in [-0.05, 0) is 30.8 Å². The van der Waals surface area contributed by atoms with Crippen LogP contribution in [-0.4, -0.2) is 69.3 Å². The number of likely N-dealkylation sites (N-methyl/N-ethyl adjacent to an activating group) is 1. The molecule has 138 valence electrons. The number of carbonyl (C=O) groups excluding carboxylic acids is 2. The van der Waals surface area contributed by atoms with Gasteiger partial charge in [0.25, 0.3) is 0 Å². The van der Waals surface area contributed by atoms with Crippen molar-refractivity contribution in [2.24, 2.45) is 0 Å². The third-order valence-corrected chi connectivity index (χ3v) is 5.49. The van der Waals surface area contributed by atoms with Gasteiger partial charge in [-0.1, -0.05) is 6.92 Å². The molecule has 25 heavy (non-hydrogen) atoms. The summed E-state index contributed by atoms with van der Waals surface area (Å²) in [6, 6.07) is 5.78. The van der Waals surface area contributed by atoms with E-state index in [0.29, 0.717) is 18.8 Å². The monoisotopic (exact) mass is 368 g/mol. The number of anilines is 1. The van der Waals surface area contributed by atoms with Crippen LogP contribution in [0.4, 0.5) is 5.69 Å². The predicted octanol–water partition coefficient (Wildman–Crippen LogP) is 0.0874. The summed E-state index contributed by atoms with van der Waals surface area (Å²) in [7, 11) is -3.78. The molecule has 0 bridgehead atoms. The van der Waals surface area contributed by atoms with Crippen LogP contribution in [0, 0.1) is 0 Å². The van der Waals surface area contributed by atoms with Crippen LogP contribution in [0.1, 0.15) is 13.8 Å². The second kappa shape index (κ2) is 8.41. The first-order chi connectivity index (χ1) is 11.8. The Morgan fingerprint density at radius 3 is 2.20 bits per heavy atom. The number of sulfonamides is 1. The van der Waals surface area contributed by atoms with Gasteiger partial charge < -0.3 is 15.1 Å². The average Bonchev–Trinajstić information content (AvgIpc) is 2.60. The molecule has 1 heterocycles. The second-order valence-corrected chi connectivity index (χ2v) is 7.61. The minimum Gasteiger partial charge on any atom is -0.339 e. The normalized spacial score (nSPS) is 15.8. The van der Waals surface area contributed by atoms with Crippen LogP contribution in [0.5, 0.6) is 0 Å². The standard InChI is InChI=1S/C16H24N4O4S/c1-3-19-8-10-20(11-9-19)16(22)12-17-25(23,24)15-6-4-14(5-7-15)18-13(2)21/h4-7,17H,3,8-12H2,1-2H3,(H,18,21). The van der Waals surface area contributed by atoms with Crippen molar-refractivity contribution in [3.63, 3.8) is 0 Å². The third kappa shape index (κ3) is 5.52. The van der Waals surface area contributed by atoms with E-state index in [9.17, 15) is 18.0 Å². The van der Waals surface area contributed by atoms with Gasteiger partial charge in [-0.25, -0.2) is 13.1 Å². The van der Waals surface area contributed by atoms with Crippen molar-refractivity contribution in [2.45, 2.75) is 18.7 Å². The largest absolute Gasteiger partial charge is 0.339 e. The van der Waals surface area contributed by atoms with Gasteiger partial charge in [-0.3, -0.25) is 9.59 Å². The van der Waals surface area contributed by atoms with E-state index in [1.807, 2.05) is 0 Å². The number of amides is 2. The van der Waals surface area contributed by atoms with Gasteiger partial charge in [0.2, 0.25) is 21.8 Å². The van der Waals surface area contributed by atoms with Gasteiger partial charge in [0, 0.05) is 38.8 Å². The smallest absolute Gasteiger partial charge is 0.241 e. The topological polar surface area (TPSA) is 98.8 Å². The Hall–Kier alpha value is -1.97. The van der Waals surface area contributed by atoms with Crippen LogP contribution >= 0.6 is 0 Å². The Morgan fingerprint density at radius 1 is 1.08 bits per heavy atom. The fourth-order valence-electron chi connectivity index (χ4n) is 2.59. The highest BCUT2D eigenvalue weighted by atomic mass is 32.2. The molecule has 1 saturated heterocycles. The maximum absolute atomic E-state index is 12.3. The molecule has 8 nitrogen and oxygen atoms in total. The van der Waals surface area contributed by atoms with Crippen LogP contribution in [0.2, 0.25) is 0 Å². The van der Waals surface area contributed by atoms with Crippen molar-refractivity contribution in [1.29, 1.82) is 0 Å². The first-order valence-electron chi connectivity index (χ1n) is 8.19. The van der Waals surface area contributed by atoms with Gasteiger partial charge in [0.15, 0.2) is 0 Å². The molecule has 1 aliphatic rings. The molecule has 0 spiro atoms. The summed E-state index contributed by atoms with van der Waals surface area (Å²) in [6.07, 6.45) is 0. The Balaban J connectivity index is 1.90. The predicted molar refractivity (Wildman–Crippen MR) is 94.6 cm³/mol. The summed E-state index contributed by atoms with van der Waals surface area (Å²) in [5.74, 6) is -0.461. The summed E-state index contributed by atoms with van der Waals surface area (Å²) in [5.41, 5.74) is 0.510. The van der Waals surface area contributed by atoms with E-state index in [-0.39, 0.29) is 23.3 Å². The number of carbonyl (C=O) groups is 2. The Labute approximate surface area is 148 Å². The molecule has 0 aliphatic carbocycles. The molecule has 2 rings (SSSR count). The highest BCUT2D eigenvalue weighted by molar-refractivity contribution is 7.89. The van der Waals surface area contributed by atoms with Crippen molar-refractivity contribution in [2.75, 3.05) is 44.6 Å². The van der Waals surface area contributed by atoms with E-state index in [0.717, 1.165) is 19.6 Å². The van der Waals surface area contributed by atoms with E-state index in [4.69, 9.17) is 0 Å². The molecule has 2 N–H and O–H groups in total. The number of nitrogens with zero attached hydrogens (tertiary/aromatic N) is 2. The zero-order chi connectivity index (χ0) is 18.4. The van der Waals surface area contributed by atoms with Crippen LogP contribution in [-0.2, 0) is 19.6 Å². The lowest BCUT2D eigenvalue weighted by atomic mass is 10.3. The first kappa shape index (κ1) is 19.4. The Kier molecular flexibility index (Phi) is 6.51. The van der Waals surface area contributed by atoms with E-state index < -0.39 is 10.0 Å². The SMILES string of the molecule is CCN1CCN(C(=O)CNS(=O)(=O)c2ccc(NC(C)=O)cc2)CC1. The summed E-state index contributed by atoms with van der Waals surface area (Å²) < 4.78 is 26.9. The number of hydrogen-bond acceptors (Lipinski definition) is 5. The number of rotatable bonds is 6. The molecule has 1 aliphatic heterocycles. The van der Waals surface area contributed by atoms with Gasteiger partial charge in [-0.15, -0.1) is 0 Å². The minimum absolute atomic E-state index is 0.0465. The molecule has 9 heteroatoms. The molecule has 0 saturated carbocycles. The van der Waals surface area contributed by atoms with Crippen molar-refractivity contribution >= 4 is 27.5 Å². The van der Waals surface area contributed by atoms with Gasteiger partial charge in [-0.2, -0.15) is 0 Å². The third-order valence-electron chi connectivity index (χ3n) is 4.07. The van der Waals surface area contributed by atoms with Crippen molar-refractivity contribution < 1.29 is 18.0 Å². The maximum Gasteiger partial charge on any atom is 0.241 e. The van der Waals surface area contributed by atoms with Crippen LogP contribution in [0.25, 0.3) is 0 Å². The van der Waals surface area contributed by atoms with Crippen molar-refractivity contribution in [3.05, 3.63) is 24.3 Å². The number of hydrogen-bond donors (Lipinski definition) is 2. The molecule has 0 aromatic heterocycles. The molecule has 1 aromatic rings. The van der Waals surface area contributed by atoms with E-state index in [2.05, 4.69) is 21.9 Å². The Bertz CT molecular complexity index is 710. The van der Waals surface area contributed by atoms with Crippen molar-refractivity contribution in [1.82, 2.24) is 14.5 Å². The van der Waals surface area contributed by atoms with Crippen LogP contribution in [0.15, 0.2) is 29.2 Å². The number of benzene rings is 1. The summed E-state index contributed by atoms with van der Waals surface area (Å²) in [4.78, 5) is 27.1. The highest BCUT2D eigenvalue weighted by Crippen LogP contribution is 2.14. The van der Waals surface area contributed by atoms with Crippen molar-refractivity contribution in [3.8, 4) is 0 Å².